The van der Waals surface area contributed by atoms with Crippen LogP contribution in [0.25, 0.3) is 0 Å². The topological polar surface area (TPSA) is 62.1 Å². The average molecular weight is 258 g/mol. The molecule has 0 bridgehead atoms. The number of nitriles is 1. The van der Waals surface area contributed by atoms with Gasteiger partial charge in [-0.25, -0.2) is 0 Å². The third-order valence-electron chi connectivity index (χ3n) is 3.73. The van der Waals surface area contributed by atoms with Gasteiger partial charge >= 0.3 is 0 Å². The first kappa shape index (κ1) is 13.4. The fraction of sp³-hybridized carbons (Fsp3) is 0.467. The van der Waals surface area contributed by atoms with Crippen molar-refractivity contribution in [2.24, 2.45) is 5.41 Å². The average Bonchev–Trinajstić information content (AvgIpc) is 2.36. The molecule has 1 N–H and O–H groups in total. The molecule has 0 radical (unpaired) electrons. The molecule has 100 valence electrons. The highest BCUT2D eigenvalue weighted by atomic mass is 16.5. The van der Waals surface area contributed by atoms with Crippen LogP contribution in [0.15, 0.2) is 18.2 Å². The van der Waals surface area contributed by atoms with Crippen molar-refractivity contribution in [3.8, 4) is 11.8 Å². The number of benzene rings is 1. The van der Waals surface area contributed by atoms with Crippen LogP contribution in [-0.4, -0.2) is 13.0 Å². The summed E-state index contributed by atoms with van der Waals surface area (Å²) >= 11 is 0. The molecule has 1 aromatic rings. The number of aryl methyl sites for hydroxylation is 1. The molecule has 0 aliphatic heterocycles. The Bertz CT molecular complexity index is 527. The molecule has 19 heavy (non-hydrogen) atoms. The SMILES string of the molecule is COc1ccc(C)cc1CNC(=O)C1(C#N)CCC1. The van der Waals surface area contributed by atoms with Gasteiger partial charge in [-0.15, -0.1) is 0 Å². The van der Waals surface area contributed by atoms with Crippen molar-refractivity contribution >= 4 is 5.91 Å². The van der Waals surface area contributed by atoms with E-state index in [1.807, 2.05) is 25.1 Å². The summed E-state index contributed by atoms with van der Waals surface area (Å²) in [5.74, 6) is 0.593. The molecule has 1 aliphatic rings. The van der Waals surface area contributed by atoms with Crippen molar-refractivity contribution in [3.05, 3.63) is 29.3 Å². The molecule has 0 aromatic heterocycles. The first-order chi connectivity index (χ1) is 9.11. The van der Waals surface area contributed by atoms with Crippen molar-refractivity contribution in [1.29, 1.82) is 5.26 Å². The van der Waals surface area contributed by atoms with Gasteiger partial charge in [0.1, 0.15) is 11.2 Å². The van der Waals surface area contributed by atoms with Crippen LogP contribution >= 0.6 is 0 Å². The number of hydrogen-bond acceptors (Lipinski definition) is 3. The monoisotopic (exact) mass is 258 g/mol. The number of nitrogens with zero attached hydrogens (tertiary/aromatic N) is 1. The molecular formula is C15H18N2O2. The molecule has 4 nitrogen and oxygen atoms in total. The summed E-state index contributed by atoms with van der Waals surface area (Å²) in [5.41, 5.74) is 1.25. The van der Waals surface area contributed by atoms with Gasteiger partial charge in [0.15, 0.2) is 0 Å². The van der Waals surface area contributed by atoms with Gasteiger partial charge in [0.05, 0.1) is 13.2 Å². The van der Waals surface area contributed by atoms with Crippen LogP contribution in [0.3, 0.4) is 0 Å². The van der Waals surface area contributed by atoms with Crippen LogP contribution in [0.2, 0.25) is 0 Å². The predicted molar refractivity (Wildman–Crippen MR) is 71.5 cm³/mol. The van der Waals surface area contributed by atoms with Crippen molar-refractivity contribution in [1.82, 2.24) is 5.32 Å². The molecule has 1 aromatic carbocycles. The van der Waals surface area contributed by atoms with E-state index >= 15 is 0 Å². The molecule has 0 saturated heterocycles. The summed E-state index contributed by atoms with van der Waals surface area (Å²) < 4.78 is 5.27. The standard InChI is InChI=1S/C15H18N2O2/c1-11-4-5-13(19-2)12(8-11)9-17-14(18)15(10-16)6-3-7-15/h4-5,8H,3,6-7,9H2,1-2H3,(H,17,18). The summed E-state index contributed by atoms with van der Waals surface area (Å²) in [5, 5.41) is 12.0. The first-order valence-electron chi connectivity index (χ1n) is 6.44. The van der Waals surface area contributed by atoms with Gasteiger partial charge in [0.2, 0.25) is 5.91 Å². The molecule has 1 fully saturated rings. The lowest BCUT2D eigenvalue weighted by atomic mass is 9.69. The van der Waals surface area contributed by atoms with Gasteiger partial charge in [-0.2, -0.15) is 5.26 Å². The second-order valence-corrected chi connectivity index (χ2v) is 5.05. The third kappa shape index (κ3) is 2.55. The van der Waals surface area contributed by atoms with E-state index in [1.165, 1.54) is 0 Å². The zero-order valence-corrected chi connectivity index (χ0v) is 11.3. The number of hydrogen-bond donors (Lipinski definition) is 1. The fourth-order valence-electron chi connectivity index (χ4n) is 2.31. The lowest BCUT2D eigenvalue weighted by Crippen LogP contribution is -2.44. The maximum atomic E-state index is 12.1. The Balaban J connectivity index is 2.05. The van der Waals surface area contributed by atoms with Crippen molar-refractivity contribution in [2.45, 2.75) is 32.7 Å². The zero-order chi connectivity index (χ0) is 13.9. The summed E-state index contributed by atoms with van der Waals surface area (Å²) in [6.45, 7) is 2.39. The summed E-state index contributed by atoms with van der Waals surface area (Å²) in [7, 11) is 1.61. The van der Waals surface area contributed by atoms with E-state index in [-0.39, 0.29) is 5.91 Å². The quantitative estimate of drug-likeness (QED) is 0.901. The van der Waals surface area contributed by atoms with E-state index in [0.29, 0.717) is 19.4 Å². The number of nitrogens with one attached hydrogen (secondary N) is 1. The molecule has 0 unspecified atom stereocenters. The lowest BCUT2D eigenvalue weighted by Gasteiger charge is -2.33. The van der Waals surface area contributed by atoms with Crippen LogP contribution in [0.1, 0.15) is 30.4 Å². The van der Waals surface area contributed by atoms with E-state index in [1.54, 1.807) is 7.11 Å². The van der Waals surface area contributed by atoms with Crippen molar-refractivity contribution < 1.29 is 9.53 Å². The first-order valence-corrected chi connectivity index (χ1v) is 6.44. The van der Waals surface area contributed by atoms with Gasteiger partial charge in [-0.05, 0) is 32.3 Å². The Labute approximate surface area is 113 Å². The van der Waals surface area contributed by atoms with Gasteiger partial charge in [0.25, 0.3) is 0 Å². The van der Waals surface area contributed by atoms with Gasteiger partial charge < -0.3 is 10.1 Å². The van der Waals surface area contributed by atoms with E-state index < -0.39 is 5.41 Å². The van der Waals surface area contributed by atoms with Gasteiger partial charge in [-0.1, -0.05) is 17.7 Å². The van der Waals surface area contributed by atoms with Crippen LogP contribution in [0, 0.1) is 23.7 Å². The van der Waals surface area contributed by atoms with Gasteiger partial charge in [0, 0.05) is 12.1 Å². The Hall–Kier alpha value is -2.02. The second kappa shape index (κ2) is 5.31. The highest BCUT2D eigenvalue weighted by molar-refractivity contribution is 5.86. The van der Waals surface area contributed by atoms with E-state index in [2.05, 4.69) is 11.4 Å². The highest BCUT2D eigenvalue weighted by Gasteiger charge is 2.44. The smallest absolute Gasteiger partial charge is 0.240 e. The molecular weight excluding hydrogens is 240 g/mol. The summed E-state index contributed by atoms with van der Waals surface area (Å²) in [6, 6.07) is 7.99. The predicted octanol–water partition coefficient (Wildman–Crippen LogP) is 2.31. The van der Waals surface area contributed by atoms with Crippen LogP contribution in [0.4, 0.5) is 0 Å². The van der Waals surface area contributed by atoms with E-state index in [9.17, 15) is 4.79 Å². The summed E-state index contributed by atoms with van der Waals surface area (Å²) in [6.07, 6.45) is 2.29. The maximum Gasteiger partial charge on any atom is 0.240 e. The Morgan fingerprint density at radius 2 is 2.26 bits per heavy atom. The minimum atomic E-state index is -0.795. The number of rotatable bonds is 4. The number of methoxy groups -OCH3 is 1. The highest BCUT2D eigenvalue weighted by Crippen LogP contribution is 2.40. The number of amides is 1. The number of carbonyl (C=O) groups is 1. The molecule has 1 amide bonds. The normalized spacial score (nSPS) is 16.1. The molecule has 2 rings (SSSR count). The van der Waals surface area contributed by atoms with Gasteiger partial charge in [-0.3, -0.25) is 4.79 Å². The largest absolute Gasteiger partial charge is 0.496 e. The maximum absolute atomic E-state index is 12.1. The summed E-state index contributed by atoms with van der Waals surface area (Å²) in [4.78, 5) is 12.1. The van der Waals surface area contributed by atoms with Crippen LogP contribution in [-0.2, 0) is 11.3 Å². The molecule has 1 saturated carbocycles. The molecule has 4 heteroatoms. The Morgan fingerprint density at radius 1 is 1.53 bits per heavy atom. The Kier molecular flexibility index (Phi) is 3.75. The molecule has 1 aliphatic carbocycles. The van der Waals surface area contributed by atoms with Crippen molar-refractivity contribution in [3.63, 3.8) is 0 Å². The Morgan fingerprint density at radius 3 is 2.79 bits per heavy atom. The van der Waals surface area contributed by atoms with Crippen molar-refractivity contribution in [2.75, 3.05) is 7.11 Å². The van der Waals surface area contributed by atoms with Crippen LogP contribution < -0.4 is 10.1 Å². The minimum Gasteiger partial charge on any atom is -0.496 e. The minimum absolute atomic E-state index is 0.162. The number of carbonyl (C=O) groups excluding carboxylic acids is 1. The van der Waals surface area contributed by atoms with E-state index in [0.717, 1.165) is 23.3 Å². The second-order valence-electron chi connectivity index (χ2n) is 5.05. The molecule has 0 atom stereocenters. The van der Waals surface area contributed by atoms with Crippen LogP contribution in [0.5, 0.6) is 5.75 Å². The van der Waals surface area contributed by atoms with E-state index in [4.69, 9.17) is 10.00 Å². The third-order valence-corrected chi connectivity index (χ3v) is 3.73. The fourth-order valence-corrected chi connectivity index (χ4v) is 2.31. The molecule has 0 heterocycles. The number of ether oxygens (including phenoxy) is 1. The molecule has 0 spiro atoms. The lowest BCUT2D eigenvalue weighted by molar-refractivity contribution is -0.131. The zero-order valence-electron chi connectivity index (χ0n) is 11.3.